The van der Waals surface area contributed by atoms with Crippen LogP contribution in [-0.2, 0) is 11.3 Å². The number of carbonyl (C=O) groups excluding carboxylic acids is 2. The van der Waals surface area contributed by atoms with E-state index in [0.717, 1.165) is 30.8 Å². The van der Waals surface area contributed by atoms with Crippen molar-refractivity contribution in [1.29, 1.82) is 0 Å². The number of nitrogens with zero attached hydrogens (tertiary/aromatic N) is 4. The van der Waals surface area contributed by atoms with Gasteiger partial charge >= 0.3 is 0 Å². The molecule has 0 unspecified atom stereocenters. The molecule has 2 aliphatic heterocycles. The van der Waals surface area contributed by atoms with Crippen molar-refractivity contribution in [2.24, 2.45) is 5.41 Å². The number of likely N-dealkylation sites (tertiary alicyclic amines) is 2. The second-order valence-corrected chi connectivity index (χ2v) is 7.24. The number of amides is 2. The lowest BCUT2D eigenvalue weighted by atomic mass is 9.85. The van der Waals surface area contributed by atoms with Crippen LogP contribution >= 0.6 is 0 Å². The maximum absolute atomic E-state index is 13.0. The van der Waals surface area contributed by atoms with Gasteiger partial charge in [0.2, 0.25) is 5.91 Å². The molecule has 6 heteroatoms. The first kappa shape index (κ1) is 16.7. The lowest BCUT2D eigenvalue weighted by Crippen LogP contribution is -2.38. The second-order valence-electron chi connectivity index (χ2n) is 7.24. The molecule has 1 spiro atoms. The Kier molecular flexibility index (Phi) is 4.18. The molecule has 0 radical (unpaired) electrons. The van der Waals surface area contributed by atoms with Gasteiger partial charge in [-0.25, -0.2) is 0 Å². The minimum atomic E-state index is -0.428. The number of aromatic nitrogens is 2. The summed E-state index contributed by atoms with van der Waals surface area (Å²) in [6, 6.07) is 9.39. The van der Waals surface area contributed by atoms with Crippen molar-refractivity contribution >= 4 is 11.8 Å². The predicted octanol–water partition coefficient (Wildman–Crippen LogP) is 2.05. The maximum atomic E-state index is 13.0. The molecule has 4 rings (SSSR count). The molecule has 0 bridgehead atoms. The lowest BCUT2D eigenvalue weighted by molar-refractivity contribution is -0.135. The van der Waals surface area contributed by atoms with Gasteiger partial charge in [0, 0.05) is 37.7 Å². The van der Waals surface area contributed by atoms with Crippen molar-refractivity contribution in [2.75, 3.05) is 19.6 Å². The quantitative estimate of drug-likeness (QED) is 0.850. The molecule has 2 aliphatic rings. The van der Waals surface area contributed by atoms with E-state index in [0.29, 0.717) is 25.2 Å². The van der Waals surface area contributed by atoms with Crippen LogP contribution in [-0.4, -0.2) is 51.2 Å². The Morgan fingerprint density at radius 3 is 2.73 bits per heavy atom. The fraction of sp³-hybridized carbons (Fsp3) is 0.400. The van der Waals surface area contributed by atoms with E-state index in [1.807, 2.05) is 36.1 Å². The van der Waals surface area contributed by atoms with Gasteiger partial charge in [0.05, 0.1) is 23.2 Å². The molecule has 0 aromatic carbocycles. The number of rotatable bonds is 3. The third-order valence-electron chi connectivity index (χ3n) is 5.48. The molecule has 2 amide bonds. The van der Waals surface area contributed by atoms with E-state index in [2.05, 4.69) is 9.97 Å². The van der Waals surface area contributed by atoms with E-state index in [9.17, 15) is 9.59 Å². The highest BCUT2D eigenvalue weighted by atomic mass is 16.2. The summed E-state index contributed by atoms with van der Waals surface area (Å²) >= 11 is 0. The van der Waals surface area contributed by atoms with Crippen LogP contribution in [0.5, 0.6) is 0 Å². The first-order valence-electron chi connectivity index (χ1n) is 8.99. The van der Waals surface area contributed by atoms with Gasteiger partial charge in [-0.1, -0.05) is 6.07 Å². The zero-order chi connectivity index (χ0) is 18.1. The van der Waals surface area contributed by atoms with Crippen LogP contribution in [0.25, 0.3) is 0 Å². The Hall–Kier alpha value is -2.76. The van der Waals surface area contributed by atoms with Gasteiger partial charge in [0.15, 0.2) is 0 Å². The van der Waals surface area contributed by atoms with Gasteiger partial charge in [0.25, 0.3) is 5.91 Å². The first-order valence-corrected chi connectivity index (χ1v) is 8.99. The third kappa shape index (κ3) is 2.96. The zero-order valence-electron chi connectivity index (χ0n) is 14.9. The summed E-state index contributed by atoms with van der Waals surface area (Å²) in [7, 11) is 0. The number of carbonyl (C=O) groups is 2. The van der Waals surface area contributed by atoms with Crippen molar-refractivity contribution in [1.82, 2.24) is 19.8 Å². The normalized spacial score (nSPS) is 22.4. The molecule has 26 heavy (non-hydrogen) atoms. The minimum Gasteiger partial charge on any atom is -0.337 e. The molecule has 2 aromatic rings. The third-order valence-corrected chi connectivity index (χ3v) is 5.48. The maximum Gasteiger partial charge on any atom is 0.255 e. The number of pyridine rings is 2. The van der Waals surface area contributed by atoms with E-state index < -0.39 is 5.41 Å². The molecule has 2 fully saturated rings. The van der Waals surface area contributed by atoms with Crippen molar-refractivity contribution < 1.29 is 9.59 Å². The van der Waals surface area contributed by atoms with Crippen molar-refractivity contribution in [2.45, 2.75) is 26.3 Å². The molecule has 0 aliphatic carbocycles. The summed E-state index contributed by atoms with van der Waals surface area (Å²) in [5.41, 5.74) is 1.94. The molecular weight excluding hydrogens is 328 g/mol. The summed E-state index contributed by atoms with van der Waals surface area (Å²) in [4.78, 5) is 38.0. The van der Waals surface area contributed by atoms with Crippen LogP contribution in [0.15, 0.2) is 42.7 Å². The van der Waals surface area contributed by atoms with Crippen LogP contribution in [0.1, 0.15) is 34.6 Å². The predicted molar refractivity (Wildman–Crippen MR) is 96.2 cm³/mol. The summed E-state index contributed by atoms with van der Waals surface area (Å²) < 4.78 is 0. The summed E-state index contributed by atoms with van der Waals surface area (Å²) in [6.07, 6.45) is 4.90. The average Bonchev–Trinajstić information content (AvgIpc) is 3.23. The fourth-order valence-corrected chi connectivity index (χ4v) is 3.93. The monoisotopic (exact) mass is 350 g/mol. The van der Waals surface area contributed by atoms with Crippen LogP contribution in [0.2, 0.25) is 0 Å². The molecule has 6 nitrogen and oxygen atoms in total. The number of hydrogen-bond acceptors (Lipinski definition) is 4. The Labute approximate surface area is 152 Å². The Bertz CT molecular complexity index is 821. The molecule has 0 saturated carbocycles. The first-order chi connectivity index (χ1) is 12.6. The van der Waals surface area contributed by atoms with E-state index in [1.165, 1.54) is 0 Å². The Morgan fingerprint density at radius 1 is 1.15 bits per heavy atom. The van der Waals surface area contributed by atoms with Crippen molar-refractivity contribution in [3.05, 3.63) is 59.7 Å². The van der Waals surface area contributed by atoms with Gasteiger partial charge in [-0.3, -0.25) is 19.6 Å². The molecule has 134 valence electrons. The molecule has 0 N–H and O–H groups in total. The fourth-order valence-electron chi connectivity index (χ4n) is 3.93. The highest BCUT2D eigenvalue weighted by molar-refractivity contribution is 5.95. The Balaban J connectivity index is 1.45. The van der Waals surface area contributed by atoms with E-state index in [1.54, 1.807) is 23.4 Å². The molecule has 1 atom stereocenters. The van der Waals surface area contributed by atoms with Crippen LogP contribution in [0, 0.1) is 12.3 Å². The van der Waals surface area contributed by atoms with Crippen LogP contribution in [0.4, 0.5) is 0 Å². The second kappa shape index (κ2) is 6.52. The minimum absolute atomic E-state index is 0.0367. The van der Waals surface area contributed by atoms with Gasteiger partial charge in [-0.2, -0.15) is 0 Å². The number of aryl methyl sites for hydroxylation is 1. The highest BCUT2D eigenvalue weighted by Crippen LogP contribution is 2.41. The molecule has 2 aromatic heterocycles. The van der Waals surface area contributed by atoms with Gasteiger partial charge < -0.3 is 9.80 Å². The largest absolute Gasteiger partial charge is 0.337 e. The van der Waals surface area contributed by atoms with Gasteiger partial charge in [-0.15, -0.1) is 0 Å². The zero-order valence-corrected chi connectivity index (χ0v) is 14.9. The van der Waals surface area contributed by atoms with E-state index in [-0.39, 0.29) is 11.8 Å². The van der Waals surface area contributed by atoms with E-state index in [4.69, 9.17) is 0 Å². The number of hydrogen-bond donors (Lipinski definition) is 0. The smallest absolute Gasteiger partial charge is 0.255 e. The summed E-state index contributed by atoms with van der Waals surface area (Å²) in [5, 5.41) is 0. The average molecular weight is 350 g/mol. The van der Waals surface area contributed by atoms with Gasteiger partial charge in [-0.05, 0) is 44.0 Å². The van der Waals surface area contributed by atoms with E-state index >= 15 is 0 Å². The lowest BCUT2D eigenvalue weighted by Gasteiger charge is -2.23. The SMILES string of the molecule is Cc1ccc(C(=O)N2CC[C@@]3(CCN(Cc4ccccn4)C3=O)C2)cn1. The topological polar surface area (TPSA) is 66.4 Å². The molecule has 2 saturated heterocycles. The van der Waals surface area contributed by atoms with Crippen molar-refractivity contribution in [3.8, 4) is 0 Å². The standard InChI is InChI=1S/C20H22N4O2/c1-15-5-6-16(12-22-15)18(25)24-11-8-20(14-24)7-10-23(19(20)26)13-17-4-2-3-9-21-17/h2-6,9,12H,7-8,10-11,13-14H2,1H3/t20-/m0/s1. The Morgan fingerprint density at radius 2 is 2.00 bits per heavy atom. The summed E-state index contributed by atoms with van der Waals surface area (Å²) in [5.74, 6) is 0.117. The van der Waals surface area contributed by atoms with Gasteiger partial charge in [0.1, 0.15) is 0 Å². The van der Waals surface area contributed by atoms with Crippen LogP contribution in [0.3, 0.4) is 0 Å². The molecule has 4 heterocycles. The highest BCUT2D eigenvalue weighted by Gasteiger charge is 2.51. The molecular formula is C20H22N4O2. The summed E-state index contributed by atoms with van der Waals surface area (Å²) in [6.45, 7) is 4.28. The van der Waals surface area contributed by atoms with Crippen molar-refractivity contribution in [3.63, 3.8) is 0 Å². The van der Waals surface area contributed by atoms with Crippen LogP contribution < -0.4 is 0 Å².